The third-order valence-electron chi connectivity index (χ3n) is 4.43. The van der Waals surface area contributed by atoms with E-state index < -0.39 is 0 Å². The number of rotatable bonds is 8. The van der Waals surface area contributed by atoms with E-state index >= 15 is 0 Å². The zero-order valence-corrected chi connectivity index (χ0v) is 12.6. The van der Waals surface area contributed by atoms with Crippen LogP contribution in [0.25, 0.3) is 0 Å². The van der Waals surface area contributed by atoms with Crippen molar-refractivity contribution in [3.05, 3.63) is 35.9 Å². The predicted molar refractivity (Wildman–Crippen MR) is 83.4 cm³/mol. The van der Waals surface area contributed by atoms with Gasteiger partial charge in [-0.1, -0.05) is 37.3 Å². The van der Waals surface area contributed by atoms with Crippen LogP contribution in [0, 0.1) is 0 Å². The van der Waals surface area contributed by atoms with Gasteiger partial charge in [-0.2, -0.15) is 0 Å². The van der Waals surface area contributed by atoms with E-state index in [1.807, 2.05) is 0 Å². The molecule has 1 aromatic rings. The first kappa shape index (κ1) is 15.5. The third-order valence-corrected chi connectivity index (χ3v) is 4.43. The van der Waals surface area contributed by atoms with E-state index in [9.17, 15) is 0 Å². The van der Waals surface area contributed by atoms with Gasteiger partial charge in [0.05, 0.1) is 6.10 Å². The summed E-state index contributed by atoms with van der Waals surface area (Å²) < 4.78 is 5.69. The molecule has 0 aromatic heterocycles. The fourth-order valence-electron chi connectivity index (χ4n) is 3.29. The normalized spacial score (nSPS) is 21.8. The van der Waals surface area contributed by atoms with Crippen LogP contribution in [-0.2, 0) is 4.74 Å². The summed E-state index contributed by atoms with van der Waals surface area (Å²) in [5, 5.41) is 0. The number of benzene rings is 1. The van der Waals surface area contributed by atoms with Gasteiger partial charge in [-0.25, -0.2) is 0 Å². The van der Waals surface area contributed by atoms with E-state index in [1.165, 1.54) is 31.2 Å². The molecule has 20 heavy (non-hydrogen) atoms. The fourth-order valence-corrected chi connectivity index (χ4v) is 3.29. The van der Waals surface area contributed by atoms with Gasteiger partial charge in [0.25, 0.3) is 0 Å². The maximum absolute atomic E-state index is 5.80. The van der Waals surface area contributed by atoms with E-state index in [2.05, 4.69) is 42.7 Å². The van der Waals surface area contributed by atoms with Gasteiger partial charge in [0, 0.05) is 18.6 Å². The van der Waals surface area contributed by atoms with Crippen LogP contribution < -0.4 is 11.3 Å². The van der Waals surface area contributed by atoms with Crippen molar-refractivity contribution in [1.29, 1.82) is 0 Å². The average Bonchev–Trinajstić information content (AvgIpc) is 3.01. The van der Waals surface area contributed by atoms with Crippen LogP contribution in [0.4, 0.5) is 0 Å². The largest absolute Gasteiger partial charge is 0.378 e. The van der Waals surface area contributed by atoms with Crippen LogP contribution in [0.1, 0.15) is 56.9 Å². The fraction of sp³-hybridized carbons (Fsp3) is 0.647. The minimum atomic E-state index is 0.351. The van der Waals surface area contributed by atoms with Crippen LogP contribution in [0.3, 0.4) is 0 Å². The number of nitrogens with one attached hydrogen (secondary N) is 1. The lowest BCUT2D eigenvalue weighted by atomic mass is 9.86. The number of hydrogen-bond donors (Lipinski definition) is 2. The molecule has 0 bridgehead atoms. The van der Waals surface area contributed by atoms with Gasteiger partial charge in [-0.05, 0) is 44.1 Å². The predicted octanol–water partition coefficient (Wildman–Crippen LogP) is 3.36. The summed E-state index contributed by atoms with van der Waals surface area (Å²) >= 11 is 0. The summed E-state index contributed by atoms with van der Waals surface area (Å²) in [5.74, 6) is 6.29. The van der Waals surface area contributed by atoms with Crippen molar-refractivity contribution < 1.29 is 4.74 Å². The lowest BCUT2D eigenvalue weighted by Gasteiger charge is -2.26. The zero-order valence-electron chi connectivity index (χ0n) is 12.6. The minimum Gasteiger partial charge on any atom is -0.378 e. The highest BCUT2D eigenvalue weighted by Crippen LogP contribution is 2.27. The van der Waals surface area contributed by atoms with Gasteiger partial charge in [-0.15, -0.1) is 0 Å². The summed E-state index contributed by atoms with van der Waals surface area (Å²) in [4.78, 5) is 0. The smallest absolute Gasteiger partial charge is 0.0576 e. The molecule has 1 aliphatic heterocycles. The van der Waals surface area contributed by atoms with Crippen LogP contribution in [0.15, 0.2) is 30.3 Å². The summed E-state index contributed by atoms with van der Waals surface area (Å²) in [7, 11) is 0. The molecule has 1 saturated heterocycles. The van der Waals surface area contributed by atoms with E-state index in [1.54, 1.807) is 0 Å². The molecular weight excluding hydrogens is 248 g/mol. The molecule has 3 atom stereocenters. The van der Waals surface area contributed by atoms with Gasteiger partial charge in [0.15, 0.2) is 0 Å². The number of nitrogens with two attached hydrogens (primary N) is 1. The van der Waals surface area contributed by atoms with Crippen LogP contribution >= 0.6 is 0 Å². The first-order valence-corrected chi connectivity index (χ1v) is 7.97. The SMILES string of the molecule is CCC(c1ccccc1)C(CCCC1CCCO1)NN. The molecule has 3 heteroatoms. The quantitative estimate of drug-likeness (QED) is 0.565. The molecule has 0 amide bonds. The molecule has 0 spiro atoms. The molecule has 0 radical (unpaired) electrons. The van der Waals surface area contributed by atoms with Gasteiger partial charge in [-0.3, -0.25) is 11.3 Å². The lowest BCUT2D eigenvalue weighted by Crippen LogP contribution is -2.39. The van der Waals surface area contributed by atoms with Crippen molar-refractivity contribution in [3.8, 4) is 0 Å². The second-order valence-electron chi connectivity index (χ2n) is 5.76. The maximum atomic E-state index is 5.80. The molecular formula is C17H28N2O. The molecule has 3 nitrogen and oxygen atoms in total. The molecule has 1 fully saturated rings. The molecule has 3 N–H and O–H groups in total. The van der Waals surface area contributed by atoms with Gasteiger partial charge in [0.1, 0.15) is 0 Å². The van der Waals surface area contributed by atoms with E-state index in [4.69, 9.17) is 10.6 Å². The zero-order chi connectivity index (χ0) is 14.2. The number of hydrazine groups is 1. The van der Waals surface area contributed by atoms with Gasteiger partial charge >= 0.3 is 0 Å². The molecule has 1 aliphatic rings. The Balaban J connectivity index is 1.85. The molecule has 3 unspecified atom stereocenters. The van der Waals surface area contributed by atoms with E-state index in [0.29, 0.717) is 18.1 Å². The third kappa shape index (κ3) is 4.30. The van der Waals surface area contributed by atoms with Crippen molar-refractivity contribution >= 4 is 0 Å². The topological polar surface area (TPSA) is 47.3 Å². The highest BCUT2D eigenvalue weighted by molar-refractivity contribution is 5.21. The van der Waals surface area contributed by atoms with Crippen LogP contribution in [0.2, 0.25) is 0 Å². The van der Waals surface area contributed by atoms with E-state index in [-0.39, 0.29) is 0 Å². The monoisotopic (exact) mass is 276 g/mol. The Morgan fingerprint density at radius 3 is 2.75 bits per heavy atom. The average molecular weight is 276 g/mol. The van der Waals surface area contributed by atoms with Crippen molar-refractivity contribution in [2.75, 3.05) is 6.61 Å². The maximum Gasteiger partial charge on any atom is 0.0576 e. The second kappa shape index (κ2) is 8.40. The van der Waals surface area contributed by atoms with Gasteiger partial charge in [0.2, 0.25) is 0 Å². The molecule has 0 aliphatic carbocycles. The van der Waals surface area contributed by atoms with Gasteiger partial charge < -0.3 is 4.74 Å². The Morgan fingerprint density at radius 2 is 2.15 bits per heavy atom. The lowest BCUT2D eigenvalue weighted by molar-refractivity contribution is 0.101. The van der Waals surface area contributed by atoms with E-state index in [0.717, 1.165) is 19.4 Å². The van der Waals surface area contributed by atoms with Crippen molar-refractivity contribution in [2.45, 2.75) is 63.5 Å². The van der Waals surface area contributed by atoms with Crippen molar-refractivity contribution in [2.24, 2.45) is 5.84 Å². The first-order chi connectivity index (χ1) is 9.85. The second-order valence-corrected chi connectivity index (χ2v) is 5.76. The Bertz CT molecular complexity index is 363. The number of hydrogen-bond acceptors (Lipinski definition) is 3. The highest BCUT2D eigenvalue weighted by atomic mass is 16.5. The minimum absolute atomic E-state index is 0.351. The summed E-state index contributed by atoms with van der Waals surface area (Å²) in [6, 6.07) is 11.1. The first-order valence-electron chi connectivity index (χ1n) is 7.97. The van der Waals surface area contributed by atoms with Crippen molar-refractivity contribution in [1.82, 2.24) is 5.43 Å². The Hall–Kier alpha value is -0.900. The molecule has 1 heterocycles. The molecule has 1 aromatic carbocycles. The summed E-state index contributed by atoms with van der Waals surface area (Å²) in [5.41, 5.74) is 4.42. The summed E-state index contributed by atoms with van der Waals surface area (Å²) in [6.07, 6.45) is 7.53. The Morgan fingerprint density at radius 1 is 1.35 bits per heavy atom. The highest BCUT2D eigenvalue weighted by Gasteiger charge is 2.21. The summed E-state index contributed by atoms with van der Waals surface area (Å²) in [6.45, 7) is 3.19. The molecule has 2 rings (SSSR count). The molecule has 112 valence electrons. The molecule has 0 saturated carbocycles. The van der Waals surface area contributed by atoms with Crippen molar-refractivity contribution in [3.63, 3.8) is 0 Å². The van der Waals surface area contributed by atoms with Crippen LogP contribution in [0.5, 0.6) is 0 Å². The standard InChI is InChI=1S/C17H28N2O/c1-2-16(14-8-4-3-5-9-14)17(19-18)12-6-10-15-11-7-13-20-15/h3-5,8-9,15-17,19H,2,6-7,10-13,18H2,1H3. The van der Waals surface area contributed by atoms with Crippen LogP contribution in [-0.4, -0.2) is 18.8 Å². The Labute approximate surface area is 122 Å². The Kier molecular flexibility index (Phi) is 6.51. The number of ether oxygens (including phenoxy) is 1.